The van der Waals surface area contributed by atoms with Gasteiger partial charge in [0.25, 0.3) is 0 Å². The fourth-order valence-corrected chi connectivity index (χ4v) is 3.59. The molecule has 3 atom stereocenters. The van der Waals surface area contributed by atoms with Crippen LogP contribution in [0.25, 0.3) is 0 Å². The summed E-state index contributed by atoms with van der Waals surface area (Å²) in [4.78, 5) is 2.55. The minimum atomic E-state index is -0.0645. The minimum absolute atomic E-state index is 0.0645. The van der Waals surface area contributed by atoms with Crippen molar-refractivity contribution < 1.29 is 5.11 Å². The molecular formula is C15H30N2O. The van der Waals surface area contributed by atoms with Gasteiger partial charge in [0, 0.05) is 12.1 Å². The zero-order valence-corrected chi connectivity index (χ0v) is 12.1. The normalized spacial score (nSPS) is 33.5. The molecule has 18 heavy (non-hydrogen) atoms. The van der Waals surface area contributed by atoms with Crippen LogP contribution in [0.15, 0.2) is 0 Å². The zero-order chi connectivity index (χ0) is 13.0. The molecule has 2 N–H and O–H groups in total. The van der Waals surface area contributed by atoms with Crippen LogP contribution in [-0.2, 0) is 0 Å². The molecule has 2 fully saturated rings. The molecule has 1 aliphatic carbocycles. The molecule has 0 aromatic rings. The van der Waals surface area contributed by atoms with Crippen molar-refractivity contribution in [1.82, 2.24) is 10.2 Å². The van der Waals surface area contributed by atoms with Gasteiger partial charge in [-0.05, 0) is 71.0 Å². The van der Waals surface area contributed by atoms with Gasteiger partial charge in [0.1, 0.15) is 0 Å². The van der Waals surface area contributed by atoms with Gasteiger partial charge < -0.3 is 15.3 Å². The molecule has 106 valence electrons. The van der Waals surface area contributed by atoms with Crippen LogP contribution in [-0.4, -0.2) is 47.8 Å². The molecule has 1 saturated carbocycles. The second-order valence-electron chi connectivity index (χ2n) is 6.24. The monoisotopic (exact) mass is 254 g/mol. The standard InChI is InChI=1S/C15H30N2O/c1-3-17-9-7-13(8-10-17)12(2)16-14-5-4-6-15(18)11-14/h12-16,18H,3-11H2,1-2H3. The van der Waals surface area contributed by atoms with E-state index in [2.05, 4.69) is 24.1 Å². The van der Waals surface area contributed by atoms with E-state index >= 15 is 0 Å². The molecule has 0 aromatic heterocycles. The Morgan fingerprint density at radius 2 is 1.94 bits per heavy atom. The average molecular weight is 254 g/mol. The van der Waals surface area contributed by atoms with Gasteiger partial charge >= 0.3 is 0 Å². The zero-order valence-electron chi connectivity index (χ0n) is 12.1. The first-order valence-corrected chi connectivity index (χ1v) is 7.85. The quantitative estimate of drug-likeness (QED) is 0.805. The molecule has 1 heterocycles. The van der Waals surface area contributed by atoms with Crippen LogP contribution in [0, 0.1) is 5.92 Å². The summed E-state index contributed by atoms with van der Waals surface area (Å²) in [6.45, 7) is 8.32. The number of hydrogen-bond acceptors (Lipinski definition) is 3. The summed E-state index contributed by atoms with van der Waals surface area (Å²) in [5, 5.41) is 13.5. The third-order valence-corrected chi connectivity index (χ3v) is 4.93. The number of piperidine rings is 1. The lowest BCUT2D eigenvalue weighted by atomic mass is 9.87. The summed E-state index contributed by atoms with van der Waals surface area (Å²) in [6.07, 6.45) is 6.98. The van der Waals surface area contributed by atoms with Crippen molar-refractivity contribution in [2.45, 2.75) is 70.6 Å². The van der Waals surface area contributed by atoms with Gasteiger partial charge in [-0.1, -0.05) is 6.92 Å². The number of hydrogen-bond donors (Lipinski definition) is 2. The van der Waals surface area contributed by atoms with Crippen LogP contribution in [0.5, 0.6) is 0 Å². The number of aliphatic hydroxyl groups excluding tert-OH is 1. The highest BCUT2D eigenvalue weighted by Gasteiger charge is 2.27. The fraction of sp³-hybridized carbons (Fsp3) is 1.00. The molecule has 3 unspecified atom stereocenters. The molecule has 3 nitrogen and oxygen atoms in total. The maximum atomic E-state index is 9.72. The molecule has 0 radical (unpaired) electrons. The Morgan fingerprint density at radius 1 is 1.22 bits per heavy atom. The van der Waals surface area contributed by atoms with Gasteiger partial charge in [-0.25, -0.2) is 0 Å². The van der Waals surface area contributed by atoms with Gasteiger partial charge in [0.15, 0.2) is 0 Å². The van der Waals surface area contributed by atoms with E-state index in [0.29, 0.717) is 12.1 Å². The average Bonchev–Trinajstić information content (AvgIpc) is 2.39. The number of likely N-dealkylation sites (tertiary alicyclic amines) is 1. The molecule has 0 spiro atoms. The van der Waals surface area contributed by atoms with E-state index in [1.807, 2.05) is 0 Å². The molecule has 1 aliphatic heterocycles. The van der Waals surface area contributed by atoms with Crippen molar-refractivity contribution in [3.05, 3.63) is 0 Å². The van der Waals surface area contributed by atoms with Crippen LogP contribution >= 0.6 is 0 Å². The Kier molecular flexibility index (Phi) is 5.46. The summed E-state index contributed by atoms with van der Waals surface area (Å²) in [5.74, 6) is 0.826. The highest BCUT2D eigenvalue weighted by atomic mass is 16.3. The van der Waals surface area contributed by atoms with E-state index in [0.717, 1.165) is 18.8 Å². The van der Waals surface area contributed by atoms with Crippen molar-refractivity contribution in [3.63, 3.8) is 0 Å². The van der Waals surface area contributed by atoms with E-state index in [9.17, 15) is 5.11 Å². The maximum Gasteiger partial charge on any atom is 0.0555 e. The van der Waals surface area contributed by atoms with Crippen molar-refractivity contribution in [2.24, 2.45) is 5.92 Å². The predicted molar refractivity (Wildman–Crippen MR) is 75.7 cm³/mol. The topological polar surface area (TPSA) is 35.5 Å². The summed E-state index contributed by atoms with van der Waals surface area (Å²) in [5.41, 5.74) is 0. The Labute approximate surface area is 112 Å². The van der Waals surface area contributed by atoms with Gasteiger partial charge in [-0.15, -0.1) is 0 Å². The fourth-order valence-electron chi connectivity index (χ4n) is 3.59. The van der Waals surface area contributed by atoms with Gasteiger partial charge in [0.05, 0.1) is 6.10 Å². The van der Waals surface area contributed by atoms with Gasteiger partial charge in [-0.2, -0.15) is 0 Å². The summed E-state index contributed by atoms with van der Waals surface area (Å²) < 4.78 is 0. The van der Waals surface area contributed by atoms with Crippen LogP contribution in [0.3, 0.4) is 0 Å². The lowest BCUT2D eigenvalue weighted by molar-refractivity contribution is 0.100. The first-order chi connectivity index (χ1) is 8.69. The van der Waals surface area contributed by atoms with E-state index in [1.165, 1.54) is 45.3 Å². The molecule has 0 amide bonds. The molecule has 2 rings (SSSR count). The second-order valence-corrected chi connectivity index (χ2v) is 6.24. The lowest BCUT2D eigenvalue weighted by Crippen LogP contribution is -2.47. The van der Waals surface area contributed by atoms with Gasteiger partial charge in [0.2, 0.25) is 0 Å². The predicted octanol–water partition coefficient (Wildman–Crippen LogP) is 2.00. The third kappa shape index (κ3) is 3.94. The van der Waals surface area contributed by atoms with E-state index in [-0.39, 0.29) is 6.10 Å². The Morgan fingerprint density at radius 3 is 2.56 bits per heavy atom. The van der Waals surface area contributed by atoms with E-state index < -0.39 is 0 Å². The number of aliphatic hydroxyl groups is 1. The largest absolute Gasteiger partial charge is 0.393 e. The van der Waals surface area contributed by atoms with E-state index in [4.69, 9.17) is 0 Å². The van der Waals surface area contributed by atoms with Crippen molar-refractivity contribution in [1.29, 1.82) is 0 Å². The Bertz CT molecular complexity index is 239. The van der Waals surface area contributed by atoms with Crippen molar-refractivity contribution >= 4 is 0 Å². The number of nitrogens with zero attached hydrogens (tertiary/aromatic N) is 1. The number of rotatable bonds is 4. The summed E-state index contributed by atoms with van der Waals surface area (Å²) >= 11 is 0. The minimum Gasteiger partial charge on any atom is -0.393 e. The second kappa shape index (κ2) is 6.88. The molecule has 0 bridgehead atoms. The molecule has 2 aliphatic rings. The summed E-state index contributed by atoms with van der Waals surface area (Å²) in [6, 6.07) is 1.16. The number of nitrogens with one attached hydrogen (secondary N) is 1. The van der Waals surface area contributed by atoms with Crippen LogP contribution in [0.2, 0.25) is 0 Å². The van der Waals surface area contributed by atoms with Crippen LogP contribution < -0.4 is 5.32 Å². The lowest BCUT2D eigenvalue weighted by Gasteiger charge is -2.37. The van der Waals surface area contributed by atoms with Crippen molar-refractivity contribution in [2.75, 3.05) is 19.6 Å². The first kappa shape index (κ1) is 14.3. The highest BCUT2D eigenvalue weighted by Crippen LogP contribution is 2.24. The summed E-state index contributed by atoms with van der Waals surface area (Å²) in [7, 11) is 0. The van der Waals surface area contributed by atoms with Gasteiger partial charge in [-0.3, -0.25) is 0 Å². The maximum absolute atomic E-state index is 9.72. The van der Waals surface area contributed by atoms with E-state index in [1.54, 1.807) is 0 Å². The SMILES string of the molecule is CCN1CCC(C(C)NC2CCCC(O)C2)CC1. The van der Waals surface area contributed by atoms with Crippen LogP contribution in [0.1, 0.15) is 52.4 Å². The Hall–Kier alpha value is -0.120. The molecular weight excluding hydrogens is 224 g/mol. The highest BCUT2D eigenvalue weighted by molar-refractivity contribution is 4.84. The van der Waals surface area contributed by atoms with Crippen molar-refractivity contribution in [3.8, 4) is 0 Å². The Balaban J connectivity index is 1.72. The van der Waals surface area contributed by atoms with Crippen LogP contribution in [0.4, 0.5) is 0 Å². The third-order valence-electron chi connectivity index (χ3n) is 4.93. The first-order valence-electron chi connectivity index (χ1n) is 7.85. The molecule has 3 heteroatoms. The molecule has 1 saturated heterocycles. The molecule has 0 aromatic carbocycles. The smallest absolute Gasteiger partial charge is 0.0555 e.